The lowest BCUT2D eigenvalue weighted by Gasteiger charge is -2.18. The molecule has 1 amide bonds. The number of carbonyl (C=O) groups excluding carboxylic acids is 1. The molecule has 0 heterocycles. The molecule has 0 aliphatic heterocycles. The first-order chi connectivity index (χ1) is 14.7. The molecule has 0 saturated carbocycles. The Labute approximate surface area is 199 Å². The van der Waals surface area contributed by atoms with Gasteiger partial charge in [0, 0.05) is 5.69 Å². The van der Waals surface area contributed by atoms with Crippen LogP contribution in [0.1, 0.15) is 21.5 Å². The Balaban J connectivity index is 1.79. The Kier molecular flexibility index (Phi) is 7.38. The van der Waals surface area contributed by atoms with Crippen LogP contribution >= 0.6 is 47.0 Å². The van der Waals surface area contributed by atoms with Crippen molar-refractivity contribution >= 4 is 63.7 Å². The maximum atomic E-state index is 13.3. The highest BCUT2D eigenvalue weighted by molar-refractivity contribution is 7.80. The zero-order valence-corrected chi connectivity index (χ0v) is 19.4. The summed E-state index contributed by atoms with van der Waals surface area (Å²) in [5, 5.41) is 6.40. The Morgan fingerprint density at radius 3 is 2.42 bits per heavy atom. The summed E-state index contributed by atoms with van der Waals surface area (Å²) in [5.74, 6) is -0.252. The van der Waals surface area contributed by atoms with Crippen LogP contribution < -0.4 is 15.4 Å². The van der Waals surface area contributed by atoms with Crippen LogP contribution in [0.3, 0.4) is 0 Å². The quantitative estimate of drug-likeness (QED) is 0.371. The Morgan fingerprint density at radius 2 is 1.74 bits per heavy atom. The minimum atomic E-state index is -0.469. The summed E-state index contributed by atoms with van der Waals surface area (Å²) in [4.78, 5) is 12.4. The van der Waals surface area contributed by atoms with Crippen LogP contribution in [0.2, 0.25) is 15.1 Å². The van der Waals surface area contributed by atoms with Crippen LogP contribution in [0.5, 0.6) is 11.5 Å². The SMILES string of the molecule is Cc1cc(NC(=S)NC(=O)c2ccccc2Cl)c(C)c(Cl)c1Oc1ccc(F)cc1Cl. The van der Waals surface area contributed by atoms with Gasteiger partial charge in [0.25, 0.3) is 5.91 Å². The van der Waals surface area contributed by atoms with Crippen molar-refractivity contribution in [2.24, 2.45) is 0 Å². The number of benzene rings is 3. The fourth-order valence-electron chi connectivity index (χ4n) is 2.74. The van der Waals surface area contributed by atoms with Gasteiger partial charge in [-0.2, -0.15) is 0 Å². The van der Waals surface area contributed by atoms with Gasteiger partial charge in [0.05, 0.1) is 20.6 Å². The van der Waals surface area contributed by atoms with Crippen LogP contribution in [-0.2, 0) is 0 Å². The first-order valence-corrected chi connectivity index (χ1v) is 10.5. The number of rotatable bonds is 4. The highest BCUT2D eigenvalue weighted by Gasteiger charge is 2.17. The number of hydrogen-bond acceptors (Lipinski definition) is 3. The summed E-state index contributed by atoms with van der Waals surface area (Å²) < 4.78 is 19.1. The number of carbonyl (C=O) groups is 1. The topological polar surface area (TPSA) is 50.4 Å². The fourth-order valence-corrected chi connectivity index (χ4v) is 3.66. The first kappa shape index (κ1) is 23.3. The summed E-state index contributed by atoms with van der Waals surface area (Å²) in [5.41, 5.74) is 2.21. The molecule has 0 unspecified atom stereocenters. The largest absolute Gasteiger partial charge is 0.454 e. The molecular weight excluding hydrogens is 482 g/mol. The number of hydrogen-bond donors (Lipinski definition) is 2. The van der Waals surface area contributed by atoms with Crippen molar-refractivity contribution in [2.75, 3.05) is 5.32 Å². The number of halogens is 4. The van der Waals surface area contributed by atoms with E-state index in [2.05, 4.69) is 10.6 Å². The van der Waals surface area contributed by atoms with E-state index in [1.807, 2.05) is 0 Å². The van der Waals surface area contributed by atoms with E-state index < -0.39 is 11.7 Å². The minimum Gasteiger partial charge on any atom is -0.454 e. The molecular formula is C22H16Cl3FN2O2S. The number of nitrogens with one attached hydrogen (secondary N) is 2. The lowest BCUT2D eigenvalue weighted by atomic mass is 10.1. The van der Waals surface area contributed by atoms with Gasteiger partial charge in [0.2, 0.25) is 0 Å². The third kappa shape index (κ3) is 5.46. The minimum absolute atomic E-state index is 0.0822. The zero-order valence-electron chi connectivity index (χ0n) is 16.4. The first-order valence-electron chi connectivity index (χ1n) is 8.97. The predicted molar refractivity (Wildman–Crippen MR) is 128 cm³/mol. The summed E-state index contributed by atoms with van der Waals surface area (Å²) in [7, 11) is 0. The second kappa shape index (κ2) is 9.83. The van der Waals surface area contributed by atoms with Crippen molar-refractivity contribution < 1.29 is 13.9 Å². The van der Waals surface area contributed by atoms with E-state index in [1.54, 1.807) is 44.2 Å². The standard InChI is InChI=1S/C22H16Cl3FN2O2S/c1-11-9-17(27-22(31)28-21(29)14-5-3-4-6-15(14)23)12(2)19(25)20(11)30-18-8-7-13(26)10-16(18)24/h3-10H,1-2H3,(H2,27,28,29,31). The Bertz CT molecular complexity index is 1190. The zero-order chi connectivity index (χ0) is 22.7. The van der Waals surface area contributed by atoms with Crippen molar-refractivity contribution in [1.29, 1.82) is 0 Å². The van der Waals surface area contributed by atoms with Crippen LogP contribution in [0.25, 0.3) is 0 Å². The molecule has 3 aromatic carbocycles. The molecule has 0 aromatic heterocycles. The van der Waals surface area contributed by atoms with Gasteiger partial charge in [0.1, 0.15) is 17.3 Å². The third-order valence-corrected chi connectivity index (χ3v) is 5.64. The van der Waals surface area contributed by atoms with Crippen molar-refractivity contribution in [3.8, 4) is 11.5 Å². The second-order valence-corrected chi connectivity index (χ2v) is 8.17. The number of ether oxygens (including phenoxy) is 1. The van der Waals surface area contributed by atoms with E-state index in [9.17, 15) is 9.18 Å². The van der Waals surface area contributed by atoms with Gasteiger partial charge in [-0.05, 0) is 73.6 Å². The van der Waals surface area contributed by atoms with E-state index in [0.29, 0.717) is 38.2 Å². The van der Waals surface area contributed by atoms with E-state index in [1.165, 1.54) is 12.1 Å². The number of thiocarbonyl (C=S) groups is 1. The fraction of sp³-hybridized carbons (Fsp3) is 0.0909. The molecule has 3 rings (SSSR count). The lowest BCUT2D eigenvalue weighted by molar-refractivity contribution is 0.0978. The number of anilines is 1. The molecule has 0 saturated heterocycles. The molecule has 3 aromatic rings. The molecule has 160 valence electrons. The average molecular weight is 498 g/mol. The third-order valence-electron chi connectivity index (χ3n) is 4.35. The van der Waals surface area contributed by atoms with E-state index in [0.717, 1.165) is 6.07 Å². The van der Waals surface area contributed by atoms with Gasteiger partial charge in [0.15, 0.2) is 5.11 Å². The maximum absolute atomic E-state index is 13.3. The highest BCUT2D eigenvalue weighted by atomic mass is 35.5. The van der Waals surface area contributed by atoms with E-state index in [4.69, 9.17) is 51.8 Å². The van der Waals surface area contributed by atoms with Crippen molar-refractivity contribution in [3.05, 3.63) is 86.1 Å². The Morgan fingerprint density at radius 1 is 1.03 bits per heavy atom. The van der Waals surface area contributed by atoms with E-state index >= 15 is 0 Å². The summed E-state index contributed by atoms with van der Waals surface area (Å²) >= 11 is 23.9. The van der Waals surface area contributed by atoms with Crippen LogP contribution in [0, 0.1) is 19.7 Å². The second-order valence-electron chi connectivity index (χ2n) is 6.57. The normalized spacial score (nSPS) is 10.5. The van der Waals surface area contributed by atoms with Gasteiger partial charge >= 0.3 is 0 Å². The summed E-state index contributed by atoms with van der Waals surface area (Å²) in [6.45, 7) is 3.55. The molecule has 9 heteroatoms. The smallest absolute Gasteiger partial charge is 0.258 e. The van der Waals surface area contributed by atoms with Crippen molar-refractivity contribution in [2.45, 2.75) is 13.8 Å². The molecule has 31 heavy (non-hydrogen) atoms. The van der Waals surface area contributed by atoms with Gasteiger partial charge in [-0.1, -0.05) is 46.9 Å². The van der Waals surface area contributed by atoms with E-state index in [-0.39, 0.29) is 15.9 Å². The molecule has 0 spiro atoms. The predicted octanol–water partition coefficient (Wildman–Crippen LogP) is 7.32. The van der Waals surface area contributed by atoms with Crippen molar-refractivity contribution in [3.63, 3.8) is 0 Å². The molecule has 0 atom stereocenters. The molecule has 0 aliphatic carbocycles. The molecule has 4 nitrogen and oxygen atoms in total. The Hall–Kier alpha value is -2.38. The van der Waals surface area contributed by atoms with Gasteiger partial charge < -0.3 is 10.1 Å². The highest BCUT2D eigenvalue weighted by Crippen LogP contribution is 2.40. The molecule has 0 aliphatic rings. The maximum Gasteiger partial charge on any atom is 0.258 e. The monoisotopic (exact) mass is 496 g/mol. The molecule has 2 N–H and O–H groups in total. The van der Waals surface area contributed by atoms with Gasteiger partial charge in [-0.3, -0.25) is 10.1 Å². The lowest BCUT2D eigenvalue weighted by Crippen LogP contribution is -2.34. The van der Waals surface area contributed by atoms with Crippen LogP contribution in [0.4, 0.5) is 10.1 Å². The number of amides is 1. The molecule has 0 fully saturated rings. The molecule has 0 bridgehead atoms. The molecule has 0 radical (unpaired) electrons. The van der Waals surface area contributed by atoms with Gasteiger partial charge in [-0.25, -0.2) is 4.39 Å². The van der Waals surface area contributed by atoms with Crippen molar-refractivity contribution in [1.82, 2.24) is 5.32 Å². The number of aryl methyl sites for hydroxylation is 1. The summed E-state index contributed by atoms with van der Waals surface area (Å²) in [6.07, 6.45) is 0. The van der Waals surface area contributed by atoms with Gasteiger partial charge in [-0.15, -0.1) is 0 Å². The van der Waals surface area contributed by atoms with Crippen LogP contribution in [-0.4, -0.2) is 11.0 Å². The average Bonchev–Trinajstić information content (AvgIpc) is 2.70. The summed E-state index contributed by atoms with van der Waals surface area (Å²) in [6, 6.07) is 12.2. The van der Waals surface area contributed by atoms with Crippen LogP contribution in [0.15, 0.2) is 48.5 Å².